The molecule has 0 unspecified atom stereocenters. The lowest BCUT2D eigenvalue weighted by Gasteiger charge is -2.17. The number of fused-ring (bicyclic) bond motifs is 1. The van der Waals surface area contributed by atoms with Crippen LogP contribution >= 0.6 is 0 Å². The van der Waals surface area contributed by atoms with E-state index in [9.17, 15) is 9.59 Å². The maximum absolute atomic E-state index is 11.6. The summed E-state index contributed by atoms with van der Waals surface area (Å²) in [6.07, 6.45) is 1.48. The minimum atomic E-state index is -0.887. The van der Waals surface area contributed by atoms with Crippen LogP contribution < -0.4 is 16.7 Å². The second-order valence-electron chi connectivity index (χ2n) is 5.40. The minimum absolute atomic E-state index is 0.00662. The highest BCUT2D eigenvalue weighted by atomic mass is 16.5. The fourth-order valence-corrected chi connectivity index (χ4v) is 2.13. The molecule has 0 radical (unpaired) electrons. The molecule has 0 bridgehead atoms. The van der Waals surface area contributed by atoms with E-state index in [-0.39, 0.29) is 18.5 Å². The Kier molecular flexibility index (Phi) is 5.29. The van der Waals surface area contributed by atoms with Gasteiger partial charge in [0.05, 0.1) is 19.4 Å². The molecule has 126 valence electrons. The topological polar surface area (TPSA) is 148 Å². The number of nitrogens with one attached hydrogen (secondary N) is 2. The van der Waals surface area contributed by atoms with Crippen LogP contribution in [0.1, 0.15) is 19.4 Å². The predicted octanol–water partition coefficient (Wildman–Crippen LogP) is -0.785. The molecule has 23 heavy (non-hydrogen) atoms. The van der Waals surface area contributed by atoms with Gasteiger partial charge in [0.15, 0.2) is 5.65 Å². The fraction of sp³-hybridized carbons (Fsp3) is 0.538. The van der Waals surface area contributed by atoms with E-state index in [1.165, 1.54) is 6.20 Å². The second-order valence-corrected chi connectivity index (χ2v) is 5.40. The molecule has 5 N–H and O–H groups in total. The molecule has 0 aliphatic heterocycles. The molecule has 0 amide bonds. The number of carbonyl (C=O) groups is 1. The van der Waals surface area contributed by atoms with Crippen molar-refractivity contribution in [1.82, 2.24) is 24.9 Å². The van der Waals surface area contributed by atoms with E-state index >= 15 is 0 Å². The van der Waals surface area contributed by atoms with Crippen LogP contribution in [-0.2, 0) is 16.1 Å². The Hall–Kier alpha value is -2.46. The third kappa shape index (κ3) is 4.05. The molecule has 0 aliphatic rings. The molecule has 0 saturated carbocycles. The number of aromatic nitrogens is 4. The quantitative estimate of drug-likeness (QED) is 0.462. The van der Waals surface area contributed by atoms with E-state index in [0.29, 0.717) is 24.4 Å². The van der Waals surface area contributed by atoms with Crippen molar-refractivity contribution in [3.63, 3.8) is 0 Å². The number of nitrogen functional groups attached to an aromatic ring is 1. The Morgan fingerprint density at radius 1 is 1.57 bits per heavy atom. The summed E-state index contributed by atoms with van der Waals surface area (Å²) in [6, 6.07) is -0.615. The number of nitrogens with two attached hydrogens (primary N) is 1. The van der Waals surface area contributed by atoms with Crippen molar-refractivity contribution in [2.24, 2.45) is 5.92 Å². The number of nitrogens with zero attached hydrogens (tertiary/aromatic N) is 3. The highest BCUT2D eigenvalue weighted by molar-refractivity contribution is 5.73. The summed E-state index contributed by atoms with van der Waals surface area (Å²) in [5.41, 5.74) is 6.00. The fourth-order valence-electron chi connectivity index (χ4n) is 2.13. The Morgan fingerprint density at radius 3 is 2.96 bits per heavy atom. The van der Waals surface area contributed by atoms with Crippen LogP contribution in [0.15, 0.2) is 11.0 Å². The summed E-state index contributed by atoms with van der Waals surface area (Å²) >= 11 is 0. The van der Waals surface area contributed by atoms with Gasteiger partial charge in [-0.15, -0.1) is 0 Å². The predicted molar refractivity (Wildman–Crippen MR) is 81.9 cm³/mol. The first-order valence-corrected chi connectivity index (χ1v) is 7.16. The van der Waals surface area contributed by atoms with E-state index in [2.05, 4.69) is 20.4 Å². The number of hydrogen-bond acceptors (Lipinski definition) is 7. The highest BCUT2D eigenvalue weighted by Crippen LogP contribution is 2.07. The van der Waals surface area contributed by atoms with Crippen LogP contribution in [-0.4, -0.2) is 49.9 Å². The van der Waals surface area contributed by atoms with Gasteiger partial charge in [-0.2, -0.15) is 14.6 Å². The van der Waals surface area contributed by atoms with Gasteiger partial charge in [-0.25, -0.2) is 4.79 Å². The SMILES string of the molecule is CC(C)[C@H](NCCOCc1cnn2c(=O)[nH]c(N)nc12)C(=O)O. The molecule has 2 rings (SSSR count). The molecule has 0 aliphatic carbocycles. The van der Waals surface area contributed by atoms with Gasteiger partial charge in [0.2, 0.25) is 5.95 Å². The summed E-state index contributed by atoms with van der Waals surface area (Å²) in [7, 11) is 0. The normalized spacial score (nSPS) is 12.8. The van der Waals surface area contributed by atoms with Gasteiger partial charge in [0.1, 0.15) is 6.04 Å². The molecule has 10 heteroatoms. The number of aliphatic carboxylic acids is 1. The molecule has 0 fully saturated rings. The number of H-pyrrole nitrogens is 1. The van der Waals surface area contributed by atoms with E-state index < -0.39 is 17.7 Å². The number of aromatic amines is 1. The Balaban J connectivity index is 1.88. The number of anilines is 1. The van der Waals surface area contributed by atoms with Crippen LogP contribution in [0.2, 0.25) is 0 Å². The molecule has 10 nitrogen and oxygen atoms in total. The van der Waals surface area contributed by atoms with Crippen molar-refractivity contribution in [3.8, 4) is 0 Å². The lowest BCUT2D eigenvalue weighted by Crippen LogP contribution is -2.42. The molecule has 1 atom stereocenters. The first kappa shape index (κ1) is 16.9. The lowest BCUT2D eigenvalue weighted by molar-refractivity contribution is -0.140. The van der Waals surface area contributed by atoms with Gasteiger partial charge in [-0.1, -0.05) is 13.8 Å². The van der Waals surface area contributed by atoms with Crippen LogP contribution in [0, 0.1) is 5.92 Å². The molecule has 0 aromatic carbocycles. The van der Waals surface area contributed by atoms with Crippen LogP contribution in [0.4, 0.5) is 5.95 Å². The number of hydrogen-bond donors (Lipinski definition) is 4. The monoisotopic (exact) mass is 324 g/mol. The van der Waals surface area contributed by atoms with Gasteiger partial charge in [-0.05, 0) is 5.92 Å². The van der Waals surface area contributed by atoms with E-state index in [1.54, 1.807) is 0 Å². The second kappa shape index (κ2) is 7.20. The third-order valence-corrected chi connectivity index (χ3v) is 3.27. The van der Waals surface area contributed by atoms with Crippen LogP contribution in [0.25, 0.3) is 5.65 Å². The summed E-state index contributed by atoms with van der Waals surface area (Å²) in [6.45, 7) is 4.57. The van der Waals surface area contributed by atoms with Crippen molar-refractivity contribution < 1.29 is 14.6 Å². The first-order valence-electron chi connectivity index (χ1n) is 7.16. The maximum atomic E-state index is 11.6. The summed E-state index contributed by atoms with van der Waals surface area (Å²) < 4.78 is 6.58. The van der Waals surface area contributed by atoms with Crippen molar-refractivity contribution in [2.75, 3.05) is 18.9 Å². The molecule has 2 aromatic rings. The number of ether oxygens (including phenoxy) is 1. The van der Waals surface area contributed by atoms with Gasteiger partial charge >= 0.3 is 11.7 Å². The van der Waals surface area contributed by atoms with E-state index in [0.717, 1.165) is 4.52 Å². The van der Waals surface area contributed by atoms with Crippen LogP contribution in [0.5, 0.6) is 0 Å². The zero-order chi connectivity index (χ0) is 17.0. The molecule has 2 aromatic heterocycles. The van der Waals surface area contributed by atoms with Crippen molar-refractivity contribution >= 4 is 17.6 Å². The zero-order valence-electron chi connectivity index (χ0n) is 12.9. The van der Waals surface area contributed by atoms with Crippen molar-refractivity contribution in [2.45, 2.75) is 26.5 Å². The standard InChI is InChI=1S/C13H20N6O4/c1-7(2)9(11(20)21)15-3-4-23-6-8-5-16-19-10(8)17-12(14)18-13(19)22/h5,7,9,15H,3-4,6H2,1-2H3,(H,20,21)(H3,14,17,18,22)/t9-/m0/s1. The average Bonchev–Trinajstić information content (AvgIpc) is 2.85. The number of carboxylic acids is 1. The first-order chi connectivity index (χ1) is 10.9. The van der Waals surface area contributed by atoms with Crippen molar-refractivity contribution in [3.05, 3.63) is 22.2 Å². The Bertz CT molecular complexity index is 738. The molecular weight excluding hydrogens is 304 g/mol. The average molecular weight is 324 g/mol. The van der Waals surface area contributed by atoms with Gasteiger partial charge in [0.25, 0.3) is 0 Å². The minimum Gasteiger partial charge on any atom is -0.480 e. The maximum Gasteiger partial charge on any atom is 0.350 e. The summed E-state index contributed by atoms with van der Waals surface area (Å²) in [5.74, 6) is -0.903. The number of carboxylic acid groups (broad SMARTS) is 1. The molecule has 0 saturated heterocycles. The number of rotatable bonds is 8. The molecular formula is C13H20N6O4. The Morgan fingerprint density at radius 2 is 2.30 bits per heavy atom. The smallest absolute Gasteiger partial charge is 0.350 e. The van der Waals surface area contributed by atoms with Gasteiger partial charge in [-0.3, -0.25) is 9.78 Å². The molecule has 0 spiro atoms. The van der Waals surface area contributed by atoms with Gasteiger partial charge < -0.3 is 20.9 Å². The highest BCUT2D eigenvalue weighted by Gasteiger charge is 2.20. The zero-order valence-corrected chi connectivity index (χ0v) is 12.9. The Labute approximate surface area is 131 Å². The summed E-state index contributed by atoms with van der Waals surface area (Å²) in [4.78, 5) is 29.0. The van der Waals surface area contributed by atoms with E-state index in [1.807, 2.05) is 13.8 Å². The molecule has 2 heterocycles. The van der Waals surface area contributed by atoms with Gasteiger partial charge in [0, 0.05) is 12.1 Å². The van der Waals surface area contributed by atoms with Crippen molar-refractivity contribution in [1.29, 1.82) is 0 Å². The van der Waals surface area contributed by atoms with E-state index in [4.69, 9.17) is 15.6 Å². The summed E-state index contributed by atoms with van der Waals surface area (Å²) in [5, 5.41) is 15.9. The van der Waals surface area contributed by atoms with Crippen LogP contribution in [0.3, 0.4) is 0 Å². The largest absolute Gasteiger partial charge is 0.480 e. The third-order valence-electron chi connectivity index (χ3n) is 3.27. The lowest BCUT2D eigenvalue weighted by atomic mass is 10.1.